The third-order valence-electron chi connectivity index (χ3n) is 3.75. The molecule has 2 aliphatic heterocycles. The van der Waals surface area contributed by atoms with Crippen LogP contribution in [-0.2, 0) is 4.84 Å². The van der Waals surface area contributed by atoms with E-state index in [0.29, 0.717) is 28.7 Å². The highest BCUT2D eigenvalue weighted by molar-refractivity contribution is 5.89. The Bertz CT molecular complexity index is 585. The Balaban J connectivity index is 2.07. The Labute approximate surface area is 122 Å². The van der Waals surface area contributed by atoms with Gasteiger partial charge in [0.1, 0.15) is 0 Å². The highest BCUT2D eigenvalue weighted by Gasteiger charge is 2.37. The van der Waals surface area contributed by atoms with E-state index in [0.717, 1.165) is 5.56 Å². The first kappa shape index (κ1) is 13.8. The lowest BCUT2D eigenvalue weighted by molar-refractivity contribution is 0.0628. The summed E-state index contributed by atoms with van der Waals surface area (Å²) in [6, 6.07) is 1.79. The molecule has 1 aromatic carbocycles. The number of hydrogen-bond donors (Lipinski definition) is 1. The summed E-state index contributed by atoms with van der Waals surface area (Å²) in [6.07, 6.45) is -0.370. The van der Waals surface area contributed by atoms with E-state index in [-0.39, 0.29) is 25.4 Å². The predicted octanol–water partition coefficient (Wildman–Crippen LogP) is 1.49. The second-order valence-corrected chi connectivity index (χ2v) is 4.82. The zero-order valence-corrected chi connectivity index (χ0v) is 12.1. The first-order chi connectivity index (χ1) is 10.2. The lowest BCUT2D eigenvalue weighted by Gasteiger charge is -2.19. The van der Waals surface area contributed by atoms with Gasteiger partial charge in [0.2, 0.25) is 18.3 Å². The molecule has 0 amide bonds. The number of hydrogen-bond acceptors (Lipinski definition) is 7. The first-order valence-corrected chi connectivity index (χ1v) is 6.59. The lowest BCUT2D eigenvalue weighted by Crippen LogP contribution is -2.17. The minimum Gasteiger partial charge on any atom is -0.493 e. The van der Waals surface area contributed by atoms with Gasteiger partial charge >= 0.3 is 0 Å². The van der Waals surface area contributed by atoms with Gasteiger partial charge in [0.05, 0.1) is 26.5 Å². The van der Waals surface area contributed by atoms with Crippen molar-refractivity contribution in [2.24, 2.45) is 11.1 Å². The van der Waals surface area contributed by atoms with Gasteiger partial charge in [0, 0.05) is 11.5 Å². The largest absolute Gasteiger partial charge is 0.493 e. The summed E-state index contributed by atoms with van der Waals surface area (Å²) in [5.41, 5.74) is 1.34. The van der Waals surface area contributed by atoms with Crippen molar-refractivity contribution < 1.29 is 28.9 Å². The molecular weight excluding hydrogens is 278 g/mol. The third-order valence-corrected chi connectivity index (χ3v) is 3.75. The average Bonchev–Trinajstić information content (AvgIpc) is 3.12. The summed E-state index contributed by atoms with van der Waals surface area (Å²) in [6.45, 7) is 1.91. The van der Waals surface area contributed by atoms with Crippen LogP contribution in [0.3, 0.4) is 0 Å². The fourth-order valence-corrected chi connectivity index (χ4v) is 2.58. The number of oxime groups is 1. The molecule has 7 nitrogen and oxygen atoms in total. The second-order valence-electron chi connectivity index (χ2n) is 4.82. The van der Waals surface area contributed by atoms with Crippen molar-refractivity contribution in [3.8, 4) is 23.0 Å². The number of rotatable bonds is 4. The maximum Gasteiger partial charge on any atom is 0.231 e. The van der Waals surface area contributed by atoms with E-state index in [2.05, 4.69) is 5.16 Å². The highest BCUT2D eigenvalue weighted by Crippen LogP contribution is 2.52. The minimum atomic E-state index is -0.370. The number of methoxy groups -OCH3 is 2. The van der Waals surface area contributed by atoms with Crippen molar-refractivity contribution in [1.29, 1.82) is 0 Å². The first-order valence-electron chi connectivity index (χ1n) is 6.59. The van der Waals surface area contributed by atoms with Crippen molar-refractivity contribution in [3.05, 3.63) is 11.6 Å². The number of fused-ring (bicyclic) bond motifs is 1. The monoisotopic (exact) mass is 295 g/mol. The fraction of sp³-hybridized carbons (Fsp3) is 0.500. The van der Waals surface area contributed by atoms with E-state index < -0.39 is 0 Å². The van der Waals surface area contributed by atoms with Crippen molar-refractivity contribution in [3.63, 3.8) is 0 Å². The normalized spacial score (nSPS) is 22.8. The van der Waals surface area contributed by atoms with Gasteiger partial charge in [-0.3, -0.25) is 0 Å². The van der Waals surface area contributed by atoms with Crippen LogP contribution in [0.4, 0.5) is 0 Å². The van der Waals surface area contributed by atoms with E-state index in [9.17, 15) is 5.11 Å². The molecule has 0 aliphatic carbocycles. The summed E-state index contributed by atoms with van der Waals surface area (Å²) in [5.74, 6) is 2.03. The number of ether oxygens (including phenoxy) is 4. The Morgan fingerprint density at radius 3 is 2.67 bits per heavy atom. The van der Waals surface area contributed by atoms with E-state index in [1.54, 1.807) is 20.3 Å². The highest BCUT2D eigenvalue weighted by atomic mass is 16.7. The molecule has 3 rings (SSSR count). The zero-order chi connectivity index (χ0) is 15.0. The molecule has 0 fully saturated rings. The van der Waals surface area contributed by atoms with Crippen LogP contribution in [0, 0.1) is 5.92 Å². The summed E-state index contributed by atoms with van der Waals surface area (Å²) in [7, 11) is 3.11. The van der Waals surface area contributed by atoms with Gasteiger partial charge in [-0.2, -0.15) is 0 Å². The molecule has 2 atom stereocenters. The summed E-state index contributed by atoms with van der Waals surface area (Å²) in [5, 5.41) is 13.2. The van der Waals surface area contributed by atoms with Gasteiger partial charge in [-0.25, -0.2) is 0 Å². The van der Waals surface area contributed by atoms with E-state index >= 15 is 0 Å². The van der Waals surface area contributed by atoms with Gasteiger partial charge in [-0.05, 0) is 6.07 Å². The fourth-order valence-electron chi connectivity index (χ4n) is 2.58. The molecule has 0 bridgehead atoms. The molecule has 1 N–H and O–H groups in total. The van der Waals surface area contributed by atoms with E-state index in [1.165, 1.54) is 0 Å². The molecule has 1 aromatic rings. The molecule has 2 heterocycles. The Morgan fingerprint density at radius 2 is 2.05 bits per heavy atom. The van der Waals surface area contributed by atoms with Crippen LogP contribution in [0.15, 0.2) is 11.2 Å². The van der Waals surface area contributed by atoms with Crippen LogP contribution in [-0.4, -0.2) is 38.4 Å². The number of aliphatic hydroxyl groups is 1. The van der Waals surface area contributed by atoms with Crippen molar-refractivity contribution in [2.45, 2.75) is 13.0 Å². The molecule has 0 radical (unpaired) electrons. The van der Waals surface area contributed by atoms with E-state index in [1.807, 2.05) is 6.92 Å². The van der Waals surface area contributed by atoms with E-state index in [4.69, 9.17) is 23.8 Å². The van der Waals surface area contributed by atoms with Gasteiger partial charge in [0.25, 0.3) is 0 Å². The van der Waals surface area contributed by atoms with Crippen LogP contribution in [0.1, 0.15) is 18.6 Å². The van der Waals surface area contributed by atoms with Crippen molar-refractivity contribution in [1.82, 2.24) is 0 Å². The molecule has 2 unspecified atom stereocenters. The molecule has 2 aliphatic rings. The zero-order valence-electron chi connectivity index (χ0n) is 12.1. The molecule has 0 saturated heterocycles. The molecular formula is C14H17NO6. The molecule has 0 aromatic heterocycles. The standard InChI is InChI=1S/C14H17NO6/c1-7-9(5-16)15-21-11(7)8-4-10(17-2)13-14(12(8)18-3)20-6-19-13/h4,7,11,16H,5-6H2,1-3H3. The van der Waals surface area contributed by atoms with Crippen molar-refractivity contribution in [2.75, 3.05) is 27.6 Å². The van der Waals surface area contributed by atoms with Gasteiger partial charge in [0.15, 0.2) is 17.6 Å². The molecule has 0 saturated carbocycles. The van der Waals surface area contributed by atoms with Gasteiger partial charge in [-0.1, -0.05) is 12.1 Å². The minimum absolute atomic E-state index is 0.0750. The maximum atomic E-state index is 9.27. The quantitative estimate of drug-likeness (QED) is 0.906. The maximum absolute atomic E-state index is 9.27. The SMILES string of the molecule is COc1cc(C2ON=C(CO)C2C)c(OC)c2c1OCO2. The molecule has 0 spiro atoms. The second kappa shape index (κ2) is 5.33. The van der Waals surface area contributed by atoms with Gasteiger partial charge in [-0.15, -0.1) is 0 Å². The Morgan fingerprint density at radius 1 is 1.29 bits per heavy atom. The number of benzene rings is 1. The van der Waals surface area contributed by atoms with Crippen molar-refractivity contribution >= 4 is 5.71 Å². The predicted molar refractivity (Wildman–Crippen MR) is 73.2 cm³/mol. The van der Waals surface area contributed by atoms with Crippen LogP contribution in [0.25, 0.3) is 0 Å². The number of nitrogens with zero attached hydrogens (tertiary/aromatic N) is 1. The lowest BCUT2D eigenvalue weighted by atomic mass is 9.93. The smallest absolute Gasteiger partial charge is 0.231 e. The van der Waals surface area contributed by atoms with Crippen LogP contribution in [0.5, 0.6) is 23.0 Å². The average molecular weight is 295 g/mol. The van der Waals surface area contributed by atoms with Gasteiger partial charge < -0.3 is 28.9 Å². The summed E-state index contributed by atoms with van der Waals surface area (Å²) < 4.78 is 21.7. The van der Waals surface area contributed by atoms with Crippen LogP contribution >= 0.6 is 0 Å². The van der Waals surface area contributed by atoms with Crippen LogP contribution < -0.4 is 18.9 Å². The van der Waals surface area contributed by atoms with Crippen LogP contribution in [0.2, 0.25) is 0 Å². The topological polar surface area (TPSA) is 78.7 Å². The Kier molecular flexibility index (Phi) is 3.50. The Hall–Kier alpha value is -2.15. The molecule has 7 heteroatoms. The molecule has 21 heavy (non-hydrogen) atoms. The summed E-state index contributed by atoms with van der Waals surface area (Å²) >= 11 is 0. The number of aliphatic hydroxyl groups excluding tert-OH is 1. The third kappa shape index (κ3) is 2.04. The summed E-state index contributed by atoms with van der Waals surface area (Å²) in [4.78, 5) is 5.45. The molecule has 114 valence electrons.